The maximum Gasteiger partial charge on any atom is 0.248 e. The number of benzene rings is 1. The number of hydrogen-bond donors (Lipinski definition) is 3. The Morgan fingerprint density at radius 1 is 1.34 bits per heavy atom. The summed E-state index contributed by atoms with van der Waals surface area (Å²) in [5.41, 5.74) is 11.0. The Morgan fingerprint density at radius 3 is 2.93 bits per heavy atom. The van der Waals surface area contributed by atoms with E-state index < -0.39 is 5.91 Å². The molecule has 4 N–H and O–H groups in total. The van der Waals surface area contributed by atoms with Crippen molar-refractivity contribution in [3.63, 3.8) is 0 Å². The van der Waals surface area contributed by atoms with Crippen molar-refractivity contribution in [2.24, 2.45) is 10.8 Å². The molecule has 1 aliphatic heterocycles. The summed E-state index contributed by atoms with van der Waals surface area (Å²) >= 11 is 0. The van der Waals surface area contributed by atoms with Gasteiger partial charge in [-0.25, -0.2) is 4.98 Å². The Bertz CT molecular complexity index is 852. The van der Waals surface area contributed by atoms with Gasteiger partial charge in [-0.3, -0.25) is 10.2 Å². The average Bonchev–Trinajstić information content (AvgIpc) is 2.75. The van der Waals surface area contributed by atoms with Crippen LogP contribution in [0.2, 0.25) is 0 Å². The Balaban J connectivity index is 1.75. The number of nitrogens with one attached hydrogen (secondary N) is 2. The lowest BCUT2D eigenvalue weighted by Crippen LogP contribution is -2.36. The highest BCUT2D eigenvalue weighted by Crippen LogP contribution is 2.22. The number of primary amides is 1. The lowest BCUT2D eigenvalue weighted by molar-refractivity contribution is 0.100. The summed E-state index contributed by atoms with van der Waals surface area (Å²) in [6.07, 6.45) is 1.62. The van der Waals surface area contributed by atoms with E-state index in [2.05, 4.69) is 25.7 Å². The summed E-state index contributed by atoms with van der Waals surface area (Å²) in [5.74, 6) is 0.0577. The summed E-state index contributed by atoms with van der Waals surface area (Å²) in [5, 5.41) is 7.28. The van der Waals surface area contributed by atoms with Gasteiger partial charge >= 0.3 is 0 Å². The average molecular weight is 398 g/mol. The number of carbonyl (C=O) groups excluding carboxylic acids is 1. The van der Waals surface area contributed by atoms with E-state index in [1.807, 2.05) is 19.2 Å². The van der Waals surface area contributed by atoms with Crippen LogP contribution in [0.3, 0.4) is 0 Å². The molecule has 29 heavy (non-hydrogen) atoms. The number of likely N-dealkylation sites (N-methyl/N-ethyl adjacent to an activating group) is 1. The normalized spacial score (nSPS) is 14.2. The molecule has 9 nitrogen and oxygen atoms in total. The van der Waals surface area contributed by atoms with Gasteiger partial charge in [0, 0.05) is 37.0 Å². The number of ether oxygens (including phenoxy) is 2. The van der Waals surface area contributed by atoms with Crippen LogP contribution in [-0.2, 0) is 4.74 Å². The fourth-order valence-corrected chi connectivity index (χ4v) is 2.83. The number of nitrogens with zero attached hydrogens (tertiary/aromatic N) is 3. The topological polar surface area (TPSA) is 114 Å². The van der Waals surface area contributed by atoms with E-state index in [-0.39, 0.29) is 0 Å². The zero-order valence-electron chi connectivity index (χ0n) is 16.4. The van der Waals surface area contributed by atoms with Gasteiger partial charge < -0.3 is 25.4 Å². The third-order valence-corrected chi connectivity index (χ3v) is 4.32. The van der Waals surface area contributed by atoms with Crippen molar-refractivity contribution in [3.05, 3.63) is 47.7 Å². The van der Waals surface area contributed by atoms with E-state index in [0.717, 1.165) is 25.3 Å². The lowest BCUT2D eigenvalue weighted by atomic mass is 10.2. The van der Waals surface area contributed by atoms with Crippen LogP contribution in [0.15, 0.2) is 41.5 Å². The summed E-state index contributed by atoms with van der Waals surface area (Å²) in [6, 6.07) is 10.7. The van der Waals surface area contributed by atoms with Crippen LogP contribution in [0, 0.1) is 0 Å². The number of rotatable bonds is 9. The van der Waals surface area contributed by atoms with Gasteiger partial charge in [0.25, 0.3) is 0 Å². The summed E-state index contributed by atoms with van der Waals surface area (Å²) in [6.45, 7) is 4.26. The number of morpholine rings is 1. The zero-order valence-corrected chi connectivity index (χ0v) is 16.4. The zero-order chi connectivity index (χ0) is 20.5. The van der Waals surface area contributed by atoms with E-state index in [9.17, 15) is 4.79 Å². The molecule has 0 saturated carbocycles. The minimum absolute atomic E-state index is 0.415. The van der Waals surface area contributed by atoms with Crippen LogP contribution in [0.5, 0.6) is 5.88 Å². The second-order valence-electron chi connectivity index (χ2n) is 6.45. The van der Waals surface area contributed by atoms with Crippen molar-refractivity contribution in [1.29, 1.82) is 0 Å². The fourth-order valence-electron chi connectivity index (χ4n) is 2.83. The van der Waals surface area contributed by atoms with Gasteiger partial charge in [0.05, 0.1) is 30.8 Å². The standard InChI is InChI=1S/C20H26N6O3/c1-22-5-8-29-19-13-18(26-6-9-28-10-7-26)12-17(24-19)14-23-25-16-4-2-3-15(11-16)20(21)27/h2-4,11-14,22,25H,5-10H2,1H3,(H2,21,27). The Kier molecular flexibility index (Phi) is 7.37. The molecule has 154 valence electrons. The number of carbonyl (C=O) groups is 1. The maximum absolute atomic E-state index is 11.3. The number of amides is 1. The number of nitrogens with two attached hydrogens (primary N) is 1. The largest absolute Gasteiger partial charge is 0.476 e. The molecule has 1 aliphatic rings. The predicted molar refractivity (Wildman–Crippen MR) is 113 cm³/mol. The maximum atomic E-state index is 11.3. The summed E-state index contributed by atoms with van der Waals surface area (Å²) in [7, 11) is 1.87. The van der Waals surface area contributed by atoms with Gasteiger partial charge in [-0.2, -0.15) is 5.10 Å². The van der Waals surface area contributed by atoms with Gasteiger partial charge in [-0.05, 0) is 31.3 Å². The first kappa shape index (κ1) is 20.6. The molecule has 1 saturated heterocycles. The van der Waals surface area contributed by atoms with E-state index in [4.69, 9.17) is 15.2 Å². The molecule has 2 aromatic rings. The highest BCUT2D eigenvalue weighted by Gasteiger charge is 2.14. The fraction of sp³-hybridized carbons (Fsp3) is 0.350. The van der Waals surface area contributed by atoms with Gasteiger partial charge in [-0.1, -0.05) is 6.07 Å². The molecule has 0 radical (unpaired) electrons. The SMILES string of the molecule is CNCCOc1cc(N2CCOCC2)cc(C=NNc2cccc(C(N)=O)c2)n1. The van der Waals surface area contributed by atoms with Gasteiger partial charge in [0.1, 0.15) is 6.61 Å². The highest BCUT2D eigenvalue weighted by atomic mass is 16.5. The number of aromatic nitrogens is 1. The molecule has 1 aromatic heterocycles. The minimum atomic E-state index is -0.485. The molecule has 1 aromatic carbocycles. The molecule has 2 heterocycles. The second kappa shape index (κ2) is 10.4. The summed E-state index contributed by atoms with van der Waals surface area (Å²) in [4.78, 5) is 18.0. The van der Waals surface area contributed by atoms with Crippen LogP contribution >= 0.6 is 0 Å². The van der Waals surface area contributed by atoms with Crippen LogP contribution in [0.4, 0.5) is 11.4 Å². The molecule has 1 amide bonds. The first-order chi connectivity index (χ1) is 14.2. The Hall–Kier alpha value is -3.17. The Morgan fingerprint density at radius 2 is 2.17 bits per heavy atom. The third-order valence-electron chi connectivity index (χ3n) is 4.32. The quantitative estimate of drug-likeness (QED) is 0.329. The first-order valence-electron chi connectivity index (χ1n) is 9.47. The van der Waals surface area contributed by atoms with Crippen LogP contribution in [0.1, 0.15) is 16.1 Å². The highest BCUT2D eigenvalue weighted by molar-refractivity contribution is 5.93. The predicted octanol–water partition coefficient (Wildman–Crippen LogP) is 1.06. The van der Waals surface area contributed by atoms with Gasteiger partial charge in [0.2, 0.25) is 11.8 Å². The molecular formula is C20H26N6O3. The van der Waals surface area contributed by atoms with Crippen molar-refractivity contribution in [3.8, 4) is 5.88 Å². The molecule has 0 atom stereocenters. The molecular weight excluding hydrogens is 372 g/mol. The second-order valence-corrected chi connectivity index (χ2v) is 6.45. The number of hydrogen-bond acceptors (Lipinski definition) is 8. The smallest absolute Gasteiger partial charge is 0.248 e. The molecule has 9 heteroatoms. The van der Waals surface area contributed by atoms with E-state index in [0.29, 0.717) is 42.6 Å². The number of anilines is 2. The van der Waals surface area contributed by atoms with Crippen molar-refractivity contribution in [2.75, 3.05) is 56.8 Å². The number of pyridine rings is 1. The summed E-state index contributed by atoms with van der Waals surface area (Å²) < 4.78 is 11.2. The van der Waals surface area contributed by atoms with Crippen molar-refractivity contribution < 1.29 is 14.3 Å². The van der Waals surface area contributed by atoms with Crippen LogP contribution < -0.4 is 26.1 Å². The third kappa shape index (κ3) is 6.16. The number of hydrazone groups is 1. The van der Waals surface area contributed by atoms with E-state index >= 15 is 0 Å². The lowest BCUT2D eigenvalue weighted by Gasteiger charge is -2.29. The minimum Gasteiger partial charge on any atom is -0.476 e. The molecule has 0 aliphatic carbocycles. The van der Waals surface area contributed by atoms with Crippen molar-refractivity contribution in [2.45, 2.75) is 0 Å². The molecule has 3 rings (SSSR count). The first-order valence-corrected chi connectivity index (χ1v) is 9.47. The Labute approximate surface area is 169 Å². The van der Waals surface area contributed by atoms with Crippen LogP contribution in [-0.4, -0.2) is 63.6 Å². The van der Waals surface area contributed by atoms with Gasteiger partial charge in [0.15, 0.2) is 0 Å². The molecule has 0 spiro atoms. The van der Waals surface area contributed by atoms with Crippen molar-refractivity contribution in [1.82, 2.24) is 10.3 Å². The van der Waals surface area contributed by atoms with Crippen molar-refractivity contribution >= 4 is 23.5 Å². The van der Waals surface area contributed by atoms with Crippen LogP contribution in [0.25, 0.3) is 0 Å². The molecule has 0 bridgehead atoms. The monoisotopic (exact) mass is 398 g/mol. The molecule has 1 fully saturated rings. The molecule has 0 unspecified atom stereocenters. The van der Waals surface area contributed by atoms with Gasteiger partial charge in [-0.15, -0.1) is 0 Å². The van der Waals surface area contributed by atoms with E-state index in [1.54, 1.807) is 30.5 Å². The van der Waals surface area contributed by atoms with E-state index in [1.165, 1.54) is 0 Å².